The number of ether oxygens (including phenoxy) is 2. The van der Waals surface area contributed by atoms with Crippen molar-refractivity contribution in [3.05, 3.63) is 0 Å². The number of piperazine rings is 1. The number of piperidine rings is 1. The maximum atomic E-state index is 10.6. The fourth-order valence-electron chi connectivity index (χ4n) is 5.03. The van der Waals surface area contributed by atoms with Crippen molar-refractivity contribution in [1.82, 2.24) is 14.7 Å². The molecule has 264 valence electrons. The van der Waals surface area contributed by atoms with Crippen molar-refractivity contribution in [2.75, 3.05) is 72.7 Å². The van der Waals surface area contributed by atoms with E-state index in [0.717, 1.165) is 25.7 Å². The van der Waals surface area contributed by atoms with E-state index in [1.807, 2.05) is 0 Å². The van der Waals surface area contributed by atoms with Crippen LogP contribution in [0.2, 0.25) is 0 Å². The zero-order valence-corrected chi connectivity index (χ0v) is 24.4. The summed E-state index contributed by atoms with van der Waals surface area (Å²) in [5, 5.41) is 21.4. The van der Waals surface area contributed by atoms with Crippen molar-refractivity contribution in [2.45, 2.75) is 62.3 Å². The molecule has 1 spiro atoms. The van der Waals surface area contributed by atoms with Gasteiger partial charge in [0.15, 0.2) is 0 Å². The molecule has 1 atom stereocenters. The molecule has 0 aromatic rings. The quantitative estimate of drug-likeness (QED) is 0.379. The van der Waals surface area contributed by atoms with Gasteiger partial charge < -0.3 is 34.6 Å². The van der Waals surface area contributed by atoms with E-state index in [1.165, 1.54) is 77.9 Å². The van der Waals surface area contributed by atoms with Crippen molar-refractivity contribution in [1.29, 1.82) is 0 Å². The summed E-state index contributed by atoms with van der Waals surface area (Å²) in [6.45, 7) is 11.5. The lowest BCUT2D eigenvalue weighted by molar-refractivity contribution is -0.193. The average molecular weight is 680 g/mol. The van der Waals surface area contributed by atoms with Crippen LogP contribution in [0.3, 0.4) is 0 Å². The highest BCUT2D eigenvalue weighted by Gasteiger charge is 2.45. The summed E-state index contributed by atoms with van der Waals surface area (Å²) in [5.74, 6) is -7.41. The zero-order chi connectivity index (χ0) is 34.6. The summed E-state index contributed by atoms with van der Waals surface area (Å²) in [5.41, 5.74) is 0.195. The molecular weight excluding hydrogens is 641 g/mol. The molecule has 3 N–H and O–H groups in total. The van der Waals surface area contributed by atoms with Crippen LogP contribution in [0.5, 0.6) is 0 Å². The molecule has 4 saturated heterocycles. The first-order valence-electron chi connectivity index (χ1n) is 13.8. The van der Waals surface area contributed by atoms with Gasteiger partial charge in [0.05, 0.1) is 12.2 Å². The number of hydrogen-bond acceptors (Lipinski definition) is 8. The summed E-state index contributed by atoms with van der Waals surface area (Å²) in [7, 11) is 2.23. The fraction of sp³-hybridized carbons (Fsp3) is 0.880. The van der Waals surface area contributed by atoms with Gasteiger partial charge in [-0.2, -0.15) is 39.5 Å². The van der Waals surface area contributed by atoms with Gasteiger partial charge in [-0.3, -0.25) is 4.90 Å². The lowest BCUT2D eigenvalue weighted by Crippen LogP contribution is -2.50. The number of alkyl halides is 9. The second-order valence-corrected chi connectivity index (χ2v) is 11.0. The highest BCUT2D eigenvalue weighted by molar-refractivity contribution is 5.73. The van der Waals surface area contributed by atoms with Crippen molar-refractivity contribution >= 4 is 17.9 Å². The minimum absolute atomic E-state index is 0.195. The lowest BCUT2D eigenvalue weighted by Gasteiger charge is -2.41. The number of halogens is 9. The number of likely N-dealkylation sites (N-methyl/N-ethyl adjacent to an activating group) is 1. The van der Waals surface area contributed by atoms with Crippen LogP contribution >= 0.6 is 0 Å². The molecule has 0 amide bonds. The van der Waals surface area contributed by atoms with Gasteiger partial charge in [0, 0.05) is 65.1 Å². The largest absolute Gasteiger partial charge is 0.490 e. The molecule has 45 heavy (non-hydrogen) atoms. The van der Waals surface area contributed by atoms with Gasteiger partial charge in [-0.1, -0.05) is 0 Å². The molecule has 4 fully saturated rings. The smallest absolute Gasteiger partial charge is 0.475 e. The van der Waals surface area contributed by atoms with Gasteiger partial charge in [-0.15, -0.1) is 0 Å². The van der Waals surface area contributed by atoms with Gasteiger partial charge in [-0.25, -0.2) is 14.4 Å². The second kappa shape index (κ2) is 17.5. The molecule has 20 heteroatoms. The van der Waals surface area contributed by atoms with Crippen molar-refractivity contribution in [3.8, 4) is 0 Å². The molecular formula is C25H38F9N3O8. The first-order valence-corrected chi connectivity index (χ1v) is 13.8. The molecule has 0 aromatic carbocycles. The molecule has 0 radical (unpaired) electrons. The Labute approximate surface area is 252 Å². The van der Waals surface area contributed by atoms with Gasteiger partial charge in [0.2, 0.25) is 0 Å². The molecule has 4 aliphatic rings. The number of carbonyl (C=O) groups is 3. The van der Waals surface area contributed by atoms with Gasteiger partial charge in [-0.05, 0) is 45.1 Å². The van der Waals surface area contributed by atoms with Crippen LogP contribution in [-0.2, 0) is 23.9 Å². The summed E-state index contributed by atoms with van der Waals surface area (Å²) < 4.78 is 107. The van der Waals surface area contributed by atoms with Crippen molar-refractivity contribution in [3.63, 3.8) is 0 Å². The Hall–Kier alpha value is -2.42. The minimum Gasteiger partial charge on any atom is -0.475 e. The molecule has 1 unspecified atom stereocenters. The standard InChI is InChI=1S/C19H35N3O2.3C2HF3O2/c1-20-8-10-22(11-9-20)18-14-19(24-16-18)4-6-21(7-5-19)15-17-2-12-23-13-3-17;3*3-2(4,5)1(6)7/h17-18H,2-16H2,1H3;3*(H,6,7). The average Bonchev–Trinajstić information content (AvgIpc) is 3.34. The van der Waals surface area contributed by atoms with E-state index in [9.17, 15) is 39.5 Å². The summed E-state index contributed by atoms with van der Waals surface area (Å²) in [6, 6.07) is 0.667. The Morgan fingerprint density at radius 1 is 0.733 bits per heavy atom. The Morgan fingerprint density at radius 2 is 1.13 bits per heavy atom. The van der Waals surface area contributed by atoms with Crippen LogP contribution in [0, 0.1) is 5.92 Å². The number of rotatable bonds is 3. The predicted octanol–water partition coefficient (Wildman–Crippen LogP) is 3.18. The van der Waals surface area contributed by atoms with Crippen LogP contribution in [0.1, 0.15) is 32.1 Å². The highest BCUT2D eigenvalue weighted by Crippen LogP contribution is 2.38. The SMILES string of the molecule is CN1CCN(C2COC3(CCN(CC4CCOCC4)CC3)C2)CC1.O=C(O)C(F)(F)F.O=C(O)C(F)(F)F.O=C(O)C(F)(F)F. The first-order chi connectivity index (χ1) is 20.6. The maximum absolute atomic E-state index is 10.6. The van der Waals surface area contributed by atoms with Gasteiger partial charge in [0.25, 0.3) is 0 Å². The number of carboxylic acids is 3. The molecule has 0 aromatic heterocycles. The van der Waals surface area contributed by atoms with Crippen LogP contribution in [-0.4, -0.2) is 151 Å². The van der Waals surface area contributed by atoms with E-state index in [1.54, 1.807) is 0 Å². The topological polar surface area (TPSA) is 140 Å². The Morgan fingerprint density at radius 3 is 1.51 bits per heavy atom. The minimum atomic E-state index is -5.08. The molecule has 4 aliphatic heterocycles. The van der Waals surface area contributed by atoms with Crippen LogP contribution in [0.25, 0.3) is 0 Å². The Kier molecular flexibility index (Phi) is 15.8. The molecule has 11 nitrogen and oxygen atoms in total. The van der Waals surface area contributed by atoms with E-state index in [2.05, 4.69) is 21.7 Å². The van der Waals surface area contributed by atoms with E-state index in [4.69, 9.17) is 39.2 Å². The number of likely N-dealkylation sites (tertiary alicyclic amines) is 1. The van der Waals surface area contributed by atoms with Crippen LogP contribution < -0.4 is 0 Å². The first kappa shape index (κ1) is 40.6. The molecule has 0 aliphatic carbocycles. The molecule has 0 saturated carbocycles. The third-order valence-electron chi connectivity index (χ3n) is 7.60. The summed E-state index contributed by atoms with van der Waals surface area (Å²) >= 11 is 0. The molecule has 4 rings (SSSR count). The highest BCUT2D eigenvalue weighted by atomic mass is 19.4. The predicted molar refractivity (Wildman–Crippen MR) is 136 cm³/mol. The Bertz CT molecular complexity index is 871. The number of carboxylic acid groups (broad SMARTS) is 3. The van der Waals surface area contributed by atoms with Gasteiger partial charge in [0.1, 0.15) is 0 Å². The van der Waals surface area contributed by atoms with Crippen molar-refractivity contribution < 1.29 is 78.7 Å². The molecule has 4 heterocycles. The van der Waals surface area contributed by atoms with E-state index in [-0.39, 0.29) is 5.60 Å². The fourth-order valence-corrected chi connectivity index (χ4v) is 5.03. The Balaban J connectivity index is 0.000000396. The maximum Gasteiger partial charge on any atom is 0.490 e. The third-order valence-corrected chi connectivity index (χ3v) is 7.60. The van der Waals surface area contributed by atoms with E-state index < -0.39 is 36.4 Å². The van der Waals surface area contributed by atoms with E-state index in [0.29, 0.717) is 6.04 Å². The third kappa shape index (κ3) is 15.6. The van der Waals surface area contributed by atoms with Crippen molar-refractivity contribution in [2.24, 2.45) is 5.92 Å². The molecule has 0 bridgehead atoms. The van der Waals surface area contributed by atoms with Crippen LogP contribution in [0.15, 0.2) is 0 Å². The lowest BCUT2D eigenvalue weighted by atomic mass is 9.86. The summed E-state index contributed by atoms with van der Waals surface area (Å²) in [4.78, 5) is 34.5. The van der Waals surface area contributed by atoms with E-state index >= 15 is 0 Å². The van der Waals surface area contributed by atoms with Gasteiger partial charge >= 0.3 is 36.4 Å². The second-order valence-electron chi connectivity index (χ2n) is 11.0. The summed E-state index contributed by atoms with van der Waals surface area (Å²) in [6.07, 6.45) is -9.00. The number of nitrogens with zero attached hydrogens (tertiary/aromatic N) is 3. The number of hydrogen-bond donors (Lipinski definition) is 3. The number of aliphatic carboxylic acids is 3. The zero-order valence-electron chi connectivity index (χ0n) is 24.4. The normalized spacial score (nSPS) is 23.5. The van der Waals surface area contributed by atoms with Crippen LogP contribution in [0.4, 0.5) is 39.5 Å². The monoisotopic (exact) mass is 679 g/mol.